The summed E-state index contributed by atoms with van der Waals surface area (Å²) < 4.78 is 5.95. The van der Waals surface area contributed by atoms with Crippen LogP contribution in [0.15, 0.2) is 54.9 Å². The highest BCUT2D eigenvalue weighted by molar-refractivity contribution is 6.32. The number of halogens is 1. The Bertz CT molecular complexity index is 1290. The number of nitrogens with zero attached hydrogens (tertiary/aromatic N) is 2. The van der Waals surface area contributed by atoms with Crippen molar-refractivity contribution in [2.45, 2.75) is 38.8 Å². The first-order chi connectivity index (χ1) is 16.7. The Morgan fingerprint density at radius 1 is 1.20 bits per heavy atom. The first-order valence-corrected chi connectivity index (χ1v) is 11.5. The lowest BCUT2D eigenvalue weighted by Gasteiger charge is -2.20. The van der Waals surface area contributed by atoms with Gasteiger partial charge in [0.2, 0.25) is 0 Å². The molecule has 0 spiro atoms. The minimum atomic E-state index is -0.343. The van der Waals surface area contributed by atoms with Gasteiger partial charge in [-0.3, -0.25) is 4.79 Å². The third kappa shape index (κ3) is 6.16. The fourth-order valence-corrected chi connectivity index (χ4v) is 3.68. The molecule has 3 aromatic rings. The zero-order valence-corrected chi connectivity index (χ0v) is 20.4. The molecule has 0 saturated carbocycles. The number of carbonyl (C=O) groups excluding carboxylic acids is 2. The van der Waals surface area contributed by atoms with Gasteiger partial charge in [0.1, 0.15) is 35.7 Å². The maximum atomic E-state index is 12.5. The van der Waals surface area contributed by atoms with E-state index in [0.29, 0.717) is 45.8 Å². The number of ether oxygens (including phenoxy) is 1. The van der Waals surface area contributed by atoms with E-state index in [4.69, 9.17) is 16.3 Å². The topological polar surface area (TPSA) is 105 Å². The Morgan fingerprint density at radius 3 is 2.77 bits per heavy atom. The monoisotopic (exact) mass is 491 g/mol. The average Bonchev–Trinajstić information content (AvgIpc) is 3.03. The number of carbonyl (C=O) groups is 2. The van der Waals surface area contributed by atoms with Crippen LogP contribution >= 0.6 is 11.6 Å². The van der Waals surface area contributed by atoms with Crippen molar-refractivity contribution in [3.63, 3.8) is 0 Å². The smallest absolute Gasteiger partial charge is 0.251 e. The van der Waals surface area contributed by atoms with Gasteiger partial charge in [0.05, 0.1) is 16.6 Å². The molecular formula is C26H26ClN5O3. The Labute approximate surface area is 208 Å². The van der Waals surface area contributed by atoms with E-state index in [2.05, 4.69) is 25.9 Å². The number of fused-ring (bicyclic) bond motifs is 1. The highest BCUT2D eigenvalue weighted by atomic mass is 35.5. The molecule has 2 aromatic carbocycles. The molecule has 4 rings (SSSR count). The first kappa shape index (κ1) is 24.2. The van der Waals surface area contributed by atoms with Crippen LogP contribution in [-0.4, -0.2) is 33.7 Å². The van der Waals surface area contributed by atoms with E-state index in [9.17, 15) is 9.59 Å². The van der Waals surface area contributed by atoms with E-state index in [0.717, 1.165) is 11.8 Å². The average molecular weight is 492 g/mol. The Morgan fingerprint density at radius 2 is 2.03 bits per heavy atom. The number of aldehydes is 1. The van der Waals surface area contributed by atoms with Crippen molar-refractivity contribution in [3.05, 3.63) is 71.0 Å². The number of amides is 1. The molecule has 2 heterocycles. The van der Waals surface area contributed by atoms with Crippen LogP contribution < -0.4 is 20.7 Å². The lowest BCUT2D eigenvalue weighted by atomic mass is 10.1. The predicted octanol–water partition coefficient (Wildman–Crippen LogP) is 5.59. The number of anilines is 3. The van der Waals surface area contributed by atoms with E-state index in [1.54, 1.807) is 36.4 Å². The second kappa shape index (κ2) is 10.1. The van der Waals surface area contributed by atoms with Gasteiger partial charge in [-0.25, -0.2) is 9.97 Å². The minimum absolute atomic E-state index is 0.180. The predicted molar refractivity (Wildman–Crippen MR) is 138 cm³/mol. The molecule has 0 saturated heterocycles. The van der Waals surface area contributed by atoms with Crippen LogP contribution in [0, 0.1) is 0 Å². The molecule has 1 unspecified atom stereocenters. The fourth-order valence-electron chi connectivity index (χ4n) is 3.46. The Kier molecular flexibility index (Phi) is 7.02. The number of hydrogen-bond acceptors (Lipinski definition) is 7. The third-order valence-corrected chi connectivity index (χ3v) is 5.35. The summed E-state index contributed by atoms with van der Waals surface area (Å²) in [6.45, 7) is 5.77. The van der Waals surface area contributed by atoms with Gasteiger partial charge in [0.15, 0.2) is 0 Å². The molecule has 9 heteroatoms. The number of benzene rings is 2. The Balaban J connectivity index is 1.51. The molecule has 1 amide bonds. The van der Waals surface area contributed by atoms with Gasteiger partial charge < -0.3 is 25.5 Å². The molecule has 1 aliphatic heterocycles. The van der Waals surface area contributed by atoms with Crippen LogP contribution in [0.3, 0.4) is 0 Å². The molecule has 0 radical (unpaired) electrons. The van der Waals surface area contributed by atoms with Crippen LogP contribution in [0.25, 0.3) is 6.08 Å². The number of hydrogen-bond donors (Lipinski definition) is 3. The highest BCUT2D eigenvalue weighted by Gasteiger charge is 2.18. The summed E-state index contributed by atoms with van der Waals surface area (Å²) in [6, 6.07) is 11.9. The van der Waals surface area contributed by atoms with Crippen molar-refractivity contribution in [3.8, 4) is 11.5 Å². The molecule has 1 aliphatic rings. The molecule has 0 bridgehead atoms. The van der Waals surface area contributed by atoms with Crippen LogP contribution in [0.2, 0.25) is 5.02 Å². The molecule has 180 valence electrons. The van der Waals surface area contributed by atoms with Crippen LogP contribution in [0.4, 0.5) is 17.3 Å². The summed E-state index contributed by atoms with van der Waals surface area (Å²) in [6.07, 6.45) is 6.65. The van der Waals surface area contributed by atoms with Crippen molar-refractivity contribution < 1.29 is 14.3 Å². The molecule has 35 heavy (non-hydrogen) atoms. The normalized spacial score (nSPS) is 14.8. The zero-order chi connectivity index (χ0) is 25.0. The summed E-state index contributed by atoms with van der Waals surface area (Å²) in [5.41, 5.74) is 1.60. The van der Waals surface area contributed by atoms with Crippen molar-refractivity contribution in [1.82, 2.24) is 15.3 Å². The van der Waals surface area contributed by atoms with Crippen molar-refractivity contribution in [2.75, 3.05) is 10.6 Å². The second-order valence-electron chi connectivity index (χ2n) is 9.11. The van der Waals surface area contributed by atoms with Gasteiger partial charge in [-0.1, -0.05) is 29.8 Å². The molecule has 8 nitrogen and oxygen atoms in total. The largest absolute Gasteiger partial charge is 0.456 e. The van der Waals surface area contributed by atoms with Crippen molar-refractivity contribution >= 4 is 47.2 Å². The number of nitrogens with one attached hydrogen (secondary N) is 3. The van der Waals surface area contributed by atoms with Crippen LogP contribution in [0.5, 0.6) is 11.5 Å². The number of aromatic nitrogens is 2. The van der Waals surface area contributed by atoms with E-state index in [1.807, 2.05) is 39.0 Å². The molecule has 0 fully saturated rings. The van der Waals surface area contributed by atoms with E-state index in [-0.39, 0.29) is 17.5 Å². The maximum Gasteiger partial charge on any atom is 0.251 e. The van der Waals surface area contributed by atoms with Crippen molar-refractivity contribution in [1.29, 1.82) is 0 Å². The van der Waals surface area contributed by atoms with E-state index < -0.39 is 0 Å². The Hall–Kier alpha value is -3.91. The van der Waals surface area contributed by atoms with Gasteiger partial charge in [0.25, 0.3) is 5.91 Å². The minimum Gasteiger partial charge on any atom is -0.456 e. The number of rotatable bonds is 6. The second-order valence-corrected chi connectivity index (χ2v) is 9.52. The van der Waals surface area contributed by atoms with Crippen LogP contribution in [0.1, 0.15) is 43.1 Å². The standard InChI is InChI=1S/C26H26ClN5O3/c1-26(2,3)32-25(34)16-6-4-8-19(12-16)35-22-11-10-17(13-21(22)27)30-23-20-9-5-7-18(14-33)31-24(20)29-15-28-23/h4-6,8-15,18H,7H2,1-3H3,(H,32,34)(H2,28,29,30,31). The zero-order valence-electron chi connectivity index (χ0n) is 19.6. The molecule has 0 aliphatic carbocycles. The van der Waals surface area contributed by atoms with Gasteiger partial charge in [0, 0.05) is 16.8 Å². The summed E-state index contributed by atoms with van der Waals surface area (Å²) in [5, 5.41) is 9.68. The molecule has 3 N–H and O–H groups in total. The van der Waals surface area contributed by atoms with Gasteiger partial charge in [-0.2, -0.15) is 0 Å². The van der Waals surface area contributed by atoms with Gasteiger partial charge >= 0.3 is 0 Å². The summed E-state index contributed by atoms with van der Waals surface area (Å²) >= 11 is 6.50. The quantitative estimate of drug-likeness (QED) is 0.386. The maximum absolute atomic E-state index is 12.5. The molecule has 1 aromatic heterocycles. The SMILES string of the molecule is CC(C)(C)NC(=O)c1cccc(Oc2ccc(Nc3ncnc4c3C=CCC(C=O)N4)cc2Cl)c1. The lowest BCUT2D eigenvalue weighted by molar-refractivity contribution is -0.108. The van der Waals surface area contributed by atoms with E-state index in [1.165, 1.54) is 6.33 Å². The fraction of sp³-hybridized carbons (Fsp3) is 0.231. The van der Waals surface area contributed by atoms with Gasteiger partial charge in [-0.15, -0.1) is 0 Å². The molecule has 1 atom stereocenters. The first-order valence-electron chi connectivity index (χ1n) is 11.1. The van der Waals surface area contributed by atoms with Crippen LogP contribution in [-0.2, 0) is 4.79 Å². The molecular weight excluding hydrogens is 466 g/mol. The van der Waals surface area contributed by atoms with E-state index >= 15 is 0 Å². The summed E-state index contributed by atoms with van der Waals surface area (Å²) in [7, 11) is 0. The van der Waals surface area contributed by atoms with Crippen molar-refractivity contribution in [2.24, 2.45) is 0 Å². The van der Waals surface area contributed by atoms with Gasteiger partial charge in [-0.05, 0) is 63.6 Å². The highest BCUT2D eigenvalue weighted by Crippen LogP contribution is 2.34. The third-order valence-electron chi connectivity index (χ3n) is 5.05. The lowest BCUT2D eigenvalue weighted by Crippen LogP contribution is -2.40. The summed E-state index contributed by atoms with van der Waals surface area (Å²) in [5.74, 6) is 1.92. The summed E-state index contributed by atoms with van der Waals surface area (Å²) in [4.78, 5) is 32.3.